The third-order valence-electron chi connectivity index (χ3n) is 4.44. The van der Waals surface area contributed by atoms with Crippen molar-refractivity contribution in [2.24, 2.45) is 4.99 Å². The van der Waals surface area contributed by atoms with Crippen LogP contribution in [0.4, 0.5) is 4.39 Å². The summed E-state index contributed by atoms with van der Waals surface area (Å²) in [5.41, 5.74) is 1.58. The van der Waals surface area contributed by atoms with Gasteiger partial charge in [-0.15, -0.1) is 0 Å². The number of halogens is 1. The Hall–Kier alpha value is -2.80. The van der Waals surface area contributed by atoms with Crippen LogP contribution in [0.25, 0.3) is 0 Å². The number of likely N-dealkylation sites (N-methyl/N-ethyl adjacent to an activating group) is 1. The summed E-state index contributed by atoms with van der Waals surface area (Å²) in [5.74, 6) is 2.06. The largest absolute Gasteiger partial charge is 0.492 e. The van der Waals surface area contributed by atoms with Gasteiger partial charge in [-0.25, -0.2) is 4.39 Å². The Balaban J connectivity index is 1.48. The normalized spacial score (nSPS) is 13.5. The fourth-order valence-electron chi connectivity index (χ4n) is 3.06. The van der Waals surface area contributed by atoms with E-state index in [0.717, 1.165) is 28.6 Å². The summed E-state index contributed by atoms with van der Waals surface area (Å²) < 4.78 is 30.4. The van der Waals surface area contributed by atoms with Crippen LogP contribution in [-0.4, -0.2) is 51.4 Å². The SMILES string of the molecule is CN=C(NCCc1cc(F)cc2c1OCOC2)N(C)CCOc1ccccc1. The first kappa shape index (κ1) is 19.9. The number of nitrogens with zero attached hydrogens (tertiary/aromatic N) is 2. The number of rotatable bonds is 7. The van der Waals surface area contributed by atoms with E-state index in [0.29, 0.717) is 32.7 Å². The average Bonchev–Trinajstić information content (AvgIpc) is 2.71. The van der Waals surface area contributed by atoms with E-state index in [9.17, 15) is 4.39 Å². The molecule has 0 bridgehead atoms. The van der Waals surface area contributed by atoms with Crippen molar-refractivity contribution in [2.75, 3.05) is 40.6 Å². The van der Waals surface area contributed by atoms with Gasteiger partial charge in [0, 0.05) is 26.2 Å². The third kappa shape index (κ3) is 5.36. The van der Waals surface area contributed by atoms with E-state index in [1.54, 1.807) is 7.05 Å². The summed E-state index contributed by atoms with van der Waals surface area (Å²) >= 11 is 0. The summed E-state index contributed by atoms with van der Waals surface area (Å²) in [4.78, 5) is 6.29. The van der Waals surface area contributed by atoms with Crippen LogP contribution in [0.15, 0.2) is 47.5 Å². The van der Waals surface area contributed by atoms with Crippen molar-refractivity contribution in [3.05, 3.63) is 59.4 Å². The Morgan fingerprint density at radius 3 is 2.89 bits per heavy atom. The number of ether oxygens (including phenoxy) is 3. The lowest BCUT2D eigenvalue weighted by Crippen LogP contribution is -2.41. The molecular weight excluding hydrogens is 361 g/mol. The van der Waals surface area contributed by atoms with Crippen LogP contribution >= 0.6 is 0 Å². The van der Waals surface area contributed by atoms with E-state index in [4.69, 9.17) is 14.2 Å². The zero-order valence-electron chi connectivity index (χ0n) is 16.3. The van der Waals surface area contributed by atoms with Crippen LogP contribution in [0.5, 0.6) is 11.5 Å². The lowest BCUT2D eigenvalue weighted by Gasteiger charge is -2.23. The molecule has 1 aliphatic heterocycles. The van der Waals surface area contributed by atoms with Crippen molar-refractivity contribution in [1.82, 2.24) is 10.2 Å². The Labute approximate surface area is 164 Å². The first-order chi connectivity index (χ1) is 13.7. The van der Waals surface area contributed by atoms with E-state index >= 15 is 0 Å². The van der Waals surface area contributed by atoms with Crippen molar-refractivity contribution in [3.63, 3.8) is 0 Å². The van der Waals surface area contributed by atoms with Crippen molar-refractivity contribution in [1.29, 1.82) is 0 Å². The molecular formula is C21H26FN3O3. The fourth-order valence-corrected chi connectivity index (χ4v) is 3.06. The minimum atomic E-state index is -0.276. The lowest BCUT2D eigenvalue weighted by molar-refractivity contribution is -0.0172. The molecule has 2 aromatic rings. The summed E-state index contributed by atoms with van der Waals surface area (Å²) in [6.07, 6.45) is 0.619. The van der Waals surface area contributed by atoms with E-state index in [-0.39, 0.29) is 12.6 Å². The van der Waals surface area contributed by atoms with E-state index in [1.165, 1.54) is 12.1 Å². The molecule has 0 saturated carbocycles. The van der Waals surface area contributed by atoms with Crippen LogP contribution in [0.3, 0.4) is 0 Å². The van der Waals surface area contributed by atoms with Gasteiger partial charge in [-0.1, -0.05) is 18.2 Å². The Kier molecular flexibility index (Phi) is 7.08. The van der Waals surface area contributed by atoms with Crippen molar-refractivity contribution in [3.8, 4) is 11.5 Å². The van der Waals surface area contributed by atoms with Gasteiger partial charge in [-0.2, -0.15) is 0 Å². The molecule has 28 heavy (non-hydrogen) atoms. The number of fused-ring (bicyclic) bond motifs is 1. The number of hydrogen-bond acceptors (Lipinski definition) is 4. The minimum Gasteiger partial charge on any atom is -0.492 e. The fraction of sp³-hybridized carbons (Fsp3) is 0.381. The van der Waals surface area contributed by atoms with Crippen LogP contribution < -0.4 is 14.8 Å². The van der Waals surface area contributed by atoms with Gasteiger partial charge in [-0.05, 0) is 36.2 Å². The number of nitrogens with one attached hydrogen (secondary N) is 1. The lowest BCUT2D eigenvalue weighted by atomic mass is 10.1. The van der Waals surface area contributed by atoms with Crippen LogP contribution in [0.1, 0.15) is 11.1 Å². The summed E-state index contributed by atoms with van der Waals surface area (Å²) in [6, 6.07) is 12.7. The summed E-state index contributed by atoms with van der Waals surface area (Å²) in [5, 5.41) is 3.30. The predicted molar refractivity (Wildman–Crippen MR) is 106 cm³/mol. The smallest absolute Gasteiger partial charge is 0.193 e. The zero-order valence-corrected chi connectivity index (χ0v) is 16.3. The molecule has 2 aromatic carbocycles. The molecule has 7 heteroatoms. The predicted octanol–water partition coefficient (Wildman–Crippen LogP) is 2.82. The molecule has 0 unspecified atom stereocenters. The molecule has 1 aliphatic rings. The number of benzene rings is 2. The third-order valence-corrected chi connectivity index (χ3v) is 4.44. The second-order valence-corrected chi connectivity index (χ2v) is 6.47. The average molecular weight is 387 g/mol. The van der Waals surface area contributed by atoms with Crippen LogP contribution in [0.2, 0.25) is 0 Å². The molecule has 0 radical (unpaired) electrons. The van der Waals surface area contributed by atoms with Gasteiger partial charge in [0.15, 0.2) is 12.8 Å². The second kappa shape index (κ2) is 9.94. The molecule has 0 aromatic heterocycles. The molecule has 0 spiro atoms. The molecule has 3 rings (SSSR count). The number of para-hydroxylation sites is 1. The highest BCUT2D eigenvalue weighted by Crippen LogP contribution is 2.29. The van der Waals surface area contributed by atoms with E-state index < -0.39 is 0 Å². The van der Waals surface area contributed by atoms with Gasteiger partial charge < -0.3 is 24.4 Å². The van der Waals surface area contributed by atoms with Crippen molar-refractivity contribution < 1.29 is 18.6 Å². The Morgan fingerprint density at radius 1 is 1.29 bits per heavy atom. The Morgan fingerprint density at radius 2 is 2.11 bits per heavy atom. The quantitative estimate of drug-likeness (QED) is 0.585. The molecule has 0 saturated heterocycles. The molecule has 6 nitrogen and oxygen atoms in total. The van der Waals surface area contributed by atoms with Crippen LogP contribution in [0, 0.1) is 5.82 Å². The van der Waals surface area contributed by atoms with Gasteiger partial charge in [0.2, 0.25) is 0 Å². The molecule has 0 aliphatic carbocycles. The minimum absolute atomic E-state index is 0.199. The molecule has 0 fully saturated rings. The maximum absolute atomic E-state index is 13.8. The van der Waals surface area contributed by atoms with Crippen molar-refractivity contribution in [2.45, 2.75) is 13.0 Å². The van der Waals surface area contributed by atoms with Gasteiger partial charge in [-0.3, -0.25) is 4.99 Å². The van der Waals surface area contributed by atoms with Gasteiger partial charge in [0.05, 0.1) is 13.2 Å². The molecule has 1 N–H and O–H groups in total. The van der Waals surface area contributed by atoms with Gasteiger partial charge in [0.1, 0.15) is 23.9 Å². The highest BCUT2D eigenvalue weighted by molar-refractivity contribution is 5.79. The Bertz CT molecular complexity index is 799. The first-order valence-corrected chi connectivity index (χ1v) is 9.29. The van der Waals surface area contributed by atoms with E-state index in [1.807, 2.05) is 42.3 Å². The highest BCUT2D eigenvalue weighted by Gasteiger charge is 2.17. The maximum Gasteiger partial charge on any atom is 0.193 e. The monoisotopic (exact) mass is 387 g/mol. The summed E-state index contributed by atoms with van der Waals surface area (Å²) in [6.45, 7) is 2.41. The topological polar surface area (TPSA) is 55.3 Å². The highest BCUT2D eigenvalue weighted by atomic mass is 19.1. The first-order valence-electron chi connectivity index (χ1n) is 9.29. The zero-order chi connectivity index (χ0) is 19.8. The number of guanidine groups is 1. The van der Waals surface area contributed by atoms with Crippen molar-refractivity contribution >= 4 is 5.96 Å². The summed E-state index contributed by atoms with van der Waals surface area (Å²) in [7, 11) is 3.69. The second-order valence-electron chi connectivity index (χ2n) is 6.47. The maximum atomic E-state index is 13.8. The number of hydrogen-bond donors (Lipinski definition) is 1. The van der Waals surface area contributed by atoms with E-state index in [2.05, 4.69) is 10.3 Å². The van der Waals surface area contributed by atoms with Gasteiger partial charge in [0.25, 0.3) is 0 Å². The van der Waals surface area contributed by atoms with Gasteiger partial charge >= 0.3 is 0 Å². The molecule has 0 atom stereocenters. The molecule has 150 valence electrons. The molecule has 0 amide bonds. The van der Waals surface area contributed by atoms with Crippen LogP contribution in [-0.2, 0) is 17.8 Å². The standard InChI is InChI=1S/C21H26FN3O3/c1-23-21(25(2)10-11-27-19-6-4-3-5-7-19)24-9-8-16-12-18(22)13-17-14-26-15-28-20(16)17/h3-7,12-13H,8-11,14-15H2,1-2H3,(H,23,24). The molecule has 1 heterocycles. The number of aliphatic imine (C=N–C) groups is 1.